The molecule has 2 rings (SSSR count). The molecule has 1 amide bonds. The number of anilines is 1. The lowest BCUT2D eigenvalue weighted by Gasteiger charge is -2.12. The van der Waals surface area contributed by atoms with Gasteiger partial charge in [-0.2, -0.15) is 5.10 Å². The molecule has 0 radical (unpaired) electrons. The number of nitrogen functional groups attached to an aromatic ring is 1. The Morgan fingerprint density at radius 3 is 2.94 bits per heavy atom. The summed E-state index contributed by atoms with van der Waals surface area (Å²) < 4.78 is 0. The highest BCUT2D eigenvalue weighted by Gasteiger charge is 2.30. The lowest BCUT2D eigenvalue weighted by molar-refractivity contribution is 0.0934. The standard InChI is InChI=1S/C13H22N4O/c1-3-4-5-8(2)15-13(18)12-10(14)11(16-17-12)9-6-7-9/h8-9H,3-7,14H2,1-2H3,(H,15,18)(H,16,17). The van der Waals surface area contributed by atoms with Gasteiger partial charge in [-0.3, -0.25) is 9.89 Å². The molecule has 0 saturated heterocycles. The van der Waals surface area contributed by atoms with E-state index in [1.165, 1.54) is 0 Å². The summed E-state index contributed by atoms with van der Waals surface area (Å²) in [4.78, 5) is 12.0. The third-order valence-corrected chi connectivity index (χ3v) is 3.40. The summed E-state index contributed by atoms with van der Waals surface area (Å²) >= 11 is 0. The molecule has 5 nitrogen and oxygen atoms in total. The van der Waals surface area contributed by atoms with Crippen molar-refractivity contribution in [1.29, 1.82) is 0 Å². The summed E-state index contributed by atoms with van der Waals surface area (Å²) in [6.07, 6.45) is 5.52. The molecule has 1 aromatic rings. The molecule has 1 heterocycles. The number of unbranched alkanes of at least 4 members (excludes halogenated alkanes) is 1. The third kappa shape index (κ3) is 2.83. The fourth-order valence-corrected chi connectivity index (χ4v) is 2.10. The van der Waals surface area contributed by atoms with Crippen LogP contribution < -0.4 is 11.1 Å². The number of nitrogens with two attached hydrogens (primary N) is 1. The first-order valence-corrected chi connectivity index (χ1v) is 6.78. The van der Waals surface area contributed by atoms with Gasteiger partial charge in [0.2, 0.25) is 0 Å². The first-order chi connectivity index (χ1) is 8.63. The zero-order chi connectivity index (χ0) is 13.1. The number of amides is 1. The Labute approximate surface area is 108 Å². The fraction of sp³-hybridized carbons (Fsp3) is 0.692. The van der Waals surface area contributed by atoms with Crippen molar-refractivity contribution < 1.29 is 4.79 Å². The maximum Gasteiger partial charge on any atom is 0.274 e. The number of H-pyrrole nitrogens is 1. The summed E-state index contributed by atoms with van der Waals surface area (Å²) in [7, 11) is 0. The van der Waals surface area contributed by atoms with Crippen LogP contribution in [-0.4, -0.2) is 22.1 Å². The highest BCUT2D eigenvalue weighted by molar-refractivity contribution is 5.97. The maximum absolute atomic E-state index is 12.0. The van der Waals surface area contributed by atoms with Crippen LogP contribution in [0.3, 0.4) is 0 Å². The van der Waals surface area contributed by atoms with Crippen LogP contribution in [0.2, 0.25) is 0 Å². The van der Waals surface area contributed by atoms with E-state index in [1.54, 1.807) is 0 Å². The van der Waals surface area contributed by atoms with Gasteiger partial charge in [-0.05, 0) is 26.2 Å². The number of carbonyl (C=O) groups excluding carboxylic acids is 1. The Kier molecular flexibility index (Phi) is 3.89. The van der Waals surface area contributed by atoms with Gasteiger partial charge in [0, 0.05) is 12.0 Å². The molecule has 0 aliphatic heterocycles. The van der Waals surface area contributed by atoms with Gasteiger partial charge >= 0.3 is 0 Å². The van der Waals surface area contributed by atoms with Crippen LogP contribution in [-0.2, 0) is 0 Å². The first-order valence-electron chi connectivity index (χ1n) is 6.78. The highest BCUT2D eigenvalue weighted by atomic mass is 16.2. The Balaban J connectivity index is 1.96. The Hall–Kier alpha value is -1.52. The first kappa shape index (κ1) is 12.9. The van der Waals surface area contributed by atoms with Crippen molar-refractivity contribution in [2.75, 3.05) is 5.73 Å². The molecule has 1 aromatic heterocycles. The second-order valence-corrected chi connectivity index (χ2v) is 5.19. The van der Waals surface area contributed by atoms with Gasteiger partial charge in [0.25, 0.3) is 5.91 Å². The summed E-state index contributed by atoms with van der Waals surface area (Å²) in [6, 6.07) is 0.165. The predicted octanol–water partition coefficient (Wildman–Crippen LogP) is 2.18. The highest BCUT2D eigenvalue weighted by Crippen LogP contribution is 2.42. The SMILES string of the molecule is CCCCC(C)NC(=O)c1n[nH]c(C2CC2)c1N. The zero-order valence-corrected chi connectivity index (χ0v) is 11.1. The second-order valence-electron chi connectivity index (χ2n) is 5.19. The lowest BCUT2D eigenvalue weighted by atomic mass is 10.1. The number of aromatic nitrogens is 2. The average molecular weight is 250 g/mol. The Morgan fingerprint density at radius 1 is 1.61 bits per heavy atom. The summed E-state index contributed by atoms with van der Waals surface area (Å²) in [6.45, 7) is 4.15. The lowest BCUT2D eigenvalue weighted by Crippen LogP contribution is -2.33. The number of nitrogens with zero attached hydrogens (tertiary/aromatic N) is 1. The Morgan fingerprint density at radius 2 is 2.33 bits per heavy atom. The predicted molar refractivity (Wildman–Crippen MR) is 71.4 cm³/mol. The quantitative estimate of drug-likeness (QED) is 0.723. The molecule has 1 aliphatic rings. The molecule has 1 aliphatic carbocycles. The van der Waals surface area contributed by atoms with E-state index in [-0.39, 0.29) is 11.9 Å². The van der Waals surface area contributed by atoms with Crippen LogP contribution in [0.4, 0.5) is 5.69 Å². The van der Waals surface area contributed by atoms with Crippen LogP contribution in [0.5, 0.6) is 0 Å². The number of nitrogens with one attached hydrogen (secondary N) is 2. The van der Waals surface area contributed by atoms with Gasteiger partial charge in [-0.25, -0.2) is 0 Å². The summed E-state index contributed by atoms with van der Waals surface area (Å²) in [5.41, 5.74) is 7.77. The second kappa shape index (κ2) is 5.42. The van der Waals surface area contributed by atoms with Crippen molar-refractivity contribution in [1.82, 2.24) is 15.5 Å². The molecule has 1 saturated carbocycles. The number of hydrogen-bond acceptors (Lipinski definition) is 3. The van der Waals surface area contributed by atoms with E-state index in [9.17, 15) is 4.79 Å². The molecule has 0 bridgehead atoms. The smallest absolute Gasteiger partial charge is 0.274 e. The van der Waals surface area contributed by atoms with E-state index >= 15 is 0 Å². The van der Waals surface area contributed by atoms with Crippen molar-refractivity contribution in [3.05, 3.63) is 11.4 Å². The van der Waals surface area contributed by atoms with Gasteiger partial charge < -0.3 is 11.1 Å². The van der Waals surface area contributed by atoms with Crippen LogP contribution in [0.15, 0.2) is 0 Å². The van der Waals surface area contributed by atoms with Crippen LogP contribution in [0.1, 0.15) is 68.1 Å². The van der Waals surface area contributed by atoms with E-state index < -0.39 is 0 Å². The minimum absolute atomic E-state index is 0.165. The monoisotopic (exact) mass is 250 g/mol. The molecule has 100 valence electrons. The fourth-order valence-electron chi connectivity index (χ4n) is 2.10. The molecule has 1 unspecified atom stereocenters. The molecule has 0 aromatic carbocycles. The minimum Gasteiger partial charge on any atom is -0.395 e. The van der Waals surface area contributed by atoms with Crippen molar-refractivity contribution in [2.24, 2.45) is 0 Å². The molecule has 18 heavy (non-hydrogen) atoms. The molecule has 1 atom stereocenters. The molecule has 1 fully saturated rings. The summed E-state index contributed by atoms with van der Waals surface area (Å²) in [5, 5.41) is 9.89. The molecule has 0 spiro atoms. The van der Waals surface area contributed by atoms with Gasteiger partial charge in [0.05, 0.1) is 11.4 Å². The van der Waals surface area contributed by atoms with Crippen LogP contribution >= 0.6 is 0 Å². The van der Waals surface area contributed by atoms with Crippen molar-refractivity contribution in [2.45, 2.75) is 57.9 Å². The molecular formula is C13H22N4O. The maximum atomic E-state index is 12.0. The summed E-state index contributed by atoms with van der Waals surface area (Å²) in [5.74, 6) is 0.316. The topological polar surface area (TPSA) is 83.8 Å². The van der Waals surface area contributed by atoms with E-state index in [4.69, 9.17) is 5.73 Å². The van der Waals surface area contributed by atoms with Crippen molar-refractivity contribution in [3.8, 4) is 0 Å². The van der Waals surface area contributed by atoms with E-state index in [1.807, 2.05) is 6.92 Å². The van der Waals surface area contributed by atoms with Gasteiger partial charge in [-0.15, -0.1) is 0 Å². The molecule has 5 heteroatoms. The zero-order valence-electron chi connectivity index (χ0n) is 11.1. The average Bonchev–Trinajstić information content (AvgIpc) is 3.10. The van der Waals surface area contributed by atoms with Crippen LogP contribution in [0.25, 0.3) is 0 Å². The van der Waals surface area contributed by atoms with E-state index in [0.29, 0.717) is 17.3 Å². The minimum atomic E-state index is -0.167. The largest absolute Gasteiger partial charge is 0.395 e. The number of rotatable bonds is 6. The third-order valence-electron chi connectivity index (χ3n) is 3.40. The van der Waals surface area contributed by atoms with E-state index in [0.717, 1.165) is 37.8 Å². The number of aromatic amines is 1. The van der Waals surface area contributed by atoms with Gasteiger partial charge in [0.1, 0.15) is 0 Å². The van der Waals surface area contributed by atoms with E-state index in [2.05, 4.69) is 22.4 Å². The van der Waals surface area contributed by atoms with Crippen molar-refractivity contribution >= 4 is 11.6 Å². The van der Waals surface area contributed by atoms with Gasteiger partial charge in [0.15, 0.2) is 5.69 Å². The van der Waals surface area contributed by atoms with Gasteiger partial charge in [-0.1, -0.05) is 19.8 Å². The molecule has 4 N–H and O–H groups in total. The number of carbonyl (C=O) groups is 1. The number of hydrogen-bond donors (Lipinski definition) is 3. The Bertz CT molecular complexity index is 423. The van der Waals surface area contributed by atoms with Crippen molar-refractivity contribution in [3.63, 3.8) is 0 Å². The van der Waals surface area contributed by atoms with Crippen LogP contribution in [0, 0.1) is 0 Å². The molecular weight excluding hydrogens is 228 g/mol. The normalized spacial score (nSPS) is 16.6.